The molecule has 0 aromatic carbocycles. The average Bonchev–Trinajstić information content (AvgIpc) is 2.92. The van der Waals surface area contributed by atoms with Crippen LogP contribution in [0.15, 0.2) is 6.33 Å². The molecule has 2 rings (SSSR count). The summed E-state index contributed by atoms with van der Waals surface area (Å²) in [5.41, 5.74) is 0.519. The molecule has 0 atom stereocenters. The molecule has 0 bridgehead atoms. The van der Waals surface area contributed by atoms with Gasteiger partial charge in [0.25, 0.3) is 0 Å². The van der Waals surface area contributed by atoms with Crippen LogP contribution >= 0.6 is 0 Å². The first kappa shape index (κ1) is 14.5. The van der Waals surface area contributed by atoms with Crippen molar-refractivity contribution < 1.29 is 0 Å². The molecule has 0 unspecified atom stereocenters. The molecule has 108 valence electrons. The van der Waals surface area contributed by atoms with Crippen molar-refractivity contribution in [2.24, 2.45) is 11.3 Å². The van der Waals surface area contributed by atoms with Crippen molar-refractivity contribution >= 4 is 0 Å². The third-order valence-corrected chi connectivity index (χ3v) is 5.00. The van der Waals surface area contributed by atoms with Gasteiger partial charge in [0.2, 0.25) is 0 Å². The third kappa shape index (κ3) is 4.03. The van der Waals surface area contributed by atoms with Crippen LogP contribution in [0.4, 0.5) is 0 Å². The van der Waals surface area contributed by atoms with E-state index in [4.69, 9.17) is 0 Å². The van der Waals surface area contributed by atoms with Crippen LogP contribution in [-0.4, -0.2) is 27.8 Å². The van der Waals surface area contributed by atoms with Crippen molar-refractivity contribution in [1.82, 2.24) is 20.5 Å². The summed E-state index contributed by atoms with van der Waals surface area (Å²) in [5.74, 6) is 1.89. The Morgan fingerprint density at radius 3 is 2.63 bits per heavy atom. The molecule has 4 heteroatoms. The van der Waals surface area contributed by atoms with Crippen LogP contribution in [0.3, 0.4) is 0 Å². The van der Waals surface area contributed by atoms with Crippen molar-refractivity contribution in [3.63, 3.8) is 0 Å². The second-order valence-electron chi connectivity index (χ2n) is 6.53. The number of rotatable bonds is 6. The number of nitrogens with zero attached hydrogens (tertiary/aromatic N) is 2. The van der Waals surface area contributed by atoms with E-state index in [2.05, 4.69) is 41.3 Å². The second kappa shape index (κ2) is 6.51. The lowest BCUT2D eigenvalue weighted by molar-refractivity contribution is 0.137. The Kier molecular flexibility index (Phi) is 4.97. The molecule has 0 amide bonds. The van der Waals surface area contributed by atoms with Crippen molar-refractivity contribution in [1.29, 1.82) is 0 Å². The first-order valence-corrected chi connectivity index (χ1v) is 7.69. The van der Waals surface area contributed by atoms with Gasteiger partial charge < -0.3 is 5.32 Å². The highest BCUT2D eigenvalue weighted by atomic mass is 15.2. The predicted octanol–water partition coefficient (Wildman–Crippen LogP) is 2.93. The van der Waals surface area contributed by atoms with Gasteiger partial charge in [0.1, 0.15) is 12.2 Å². The van der Waals surface area contributed by atoms with Crippen LogP contribution < -0.4 is 5.32 Å². The molecule has 4 nitrogen and oxygen atoms in total. The van der Waals surface area contributed by atoms with E-state index in [9.17, 15) is 0 Å². The van der Waals surface area contributed by atoms with Crippen molar-refractivity contribution in [2.75, 3.05) is 6.54 Å². The van der Waals surface area contributed by atoms with E-state index < -0.39 is 0 Å². The van der Waals surface area contributed by atoms with Gasteiger partial charge in [0.15, 0.2) is 0 Å². The number of aromatic amines is 1. The summed E-state index contributed by atoms with van der Waals surface area (Å²) in [7, 11) is 0. The first-order chi connectivity index (χ1) is 9.12. The molecule has 0 aliphatic heterocycles. The van der Waals surface area contributed by atoms with E-state index in [1.54, 1.807) is 6.33 Å². The zero-order valence-electron chi connectivity index (χ0n) is 12.6. The number of nitrogens with one attached hydrogen (secondary N) is 2. The van der Waals surface area contributed by atoms with Crippen LogP contribution in [0, 0.1) is 11.3 Å². The summed E-state index contributed by atoms with van der Waals surface area (Å²) in [6, 6.07) is 0.701. The van der Waals surface area contributed by atoms with Gasteiger partial charge in [0.05, 0.1) is 0 Å². The van der Waals surface area contributed by atoms with E-state index in [0.717, 1.165) is 24.7 Å². The topological polar surface area (TPSA) is 53.6 Å². The zero-order valence-corrected chi connectivity index (χ0v) is 12.6. The third-order valence-electron chi connectivity index (χ3n) is 5.00. The second-order valence-corrected chi connectivity index (χ2v) is 6.53. The van der Waals surface area contributed by atoms with E-state index in [0.29, 0.717) is 11.5 Å². The summed E-state index contributed by atoms with van der Waals surface area (Å²) in [4.78, 5) is 4.15. The van der Waals surface area contributed by atoms with Crippen LogP contribution in [-0.2, 0) is 6.42 Å². The number of H-pyrrole nitrogens is 1. The minimum Gasteiger partial charge on any atom is -0.314 e. The van der Waals surface area contributed by atoms with E-state index >= 15 is 0 Å². The smallest absolute Gasteiger partial charge is 0.137 e. The lowest BCUT2D eigenvalue weighted by Gasteiger charge is -2.39. The number of hydrogen-bond donors (Lipinski definition) is 2. The Bertz CT molecular complexity index is 350. The van der Waals surface area contributed by atoms with E-state index in [-0.39, 0.29) is 0 Å². The molecule has 2 N–H and O–H groups in total. The summed E-state index contributed by atoms with van der Waals surface area (Å²) in [6.45, 7) is 8.17. The quantitative estimate of drug-likeness (QED) is 0.830. The highest BCUT2D eigenvalue weighted by molar-refractivity contribution is 4.86. The normalized spacial score (nSPS) is 24.6. The Morgan fingerprint density at radius 2 is 2.05 bits per heavy atom. The van der Waals surface area contributed by atoms with E-state index in [1.165, 1.54) is 32.1 Å². The maximum absolute atomic E-state index is 4.15. The molecule has 0 saturated heterocycles. The highest BCUT2D eigenvalue weighted by Crippen LogP contribution is 2.40. The van der Waals surface area contributed by atoms with Gasteiger partial charge in [-0.25, -0.2) is 4.98 Å². The molecule has 1 aromatic heterocycles. The van der Waals surface area contributed by atoms with Crippen molar-refractivity contribution in [2.45, 2.75) is 65.3 Å². The van der Waals surface area contributed by atoms with Gasteiger partial charge in [-0.05, 0) is 37.0 Å². The minimum absolute atomic E-state index is 0.519. The standard InChI is InChI=1S/C15H28N4/c1-4-15(2,3)12-5-7-13(8-6-12)16-10-9-14-17-11-18-19-14/h11-13,16H,4-10H2,1-3H3,(H,17,18,19). The Hall–Kier alpha value is -0.900. The Labute approximate surface area is 116 Å². The van der Waals surface area contributed by atoms with Crippen molar-refractivity contribution in [3.05, 3.63) is 12.2 Å². The summed E-state index contributed by atoms with van der Waals surface area (Å²) in [6.07, 6.45) is 9.21. The van der Waals surface area contributed by atoms with Crippen LogP contribution in [0.25, 0.3) is 0 Å². The molecule has 1 heterocycles. The van der Waals surface area contributed by atoms with Gasteiger partial charge in [-0.15, -0.1) is 0 Å². The molecule has 1 aliphatic carbocycles. The molecule has 0 radical (unpaired) electrons. The fourth-order valence-corrected chi connectivity index (χ4v) is 3.11. The molecule has 19 heavy (non-hydrogen) atoms. The molecule has 1 fully saturated rings. The maximum Gasteiger partial charge on any atom is 0.137 e. The van der Waals surface area contributed by atoms with Crippen LogP contribution in [0.1, 0.15) is 58.7 Å². The van der Waals surface area contributed by atoms with Crippen molar-refractivity contribution in [3.8, 4) is 0 Å². The van der Waals surface area contributed by atoms with E-state index in [1.807, 2.05) is 0 Å². The molecular weight excluding hydrogens is 236 g/mol. The Balaban J connectivity index is 1.66. The van der Waals surface area contributed by atoms with Gasteiger partial charge in [0, 0.05) is 19.0 Å². The number of aromatic nitrogens is 3. The monoisotopic (exact) mass is 264 g/mol. The Morgan fingerprint density at radius 1 is 1.32 bits per heavy atom. The first-order valence-electron chi connectivity index (χ1n) is 7.69. The van der Waals surface area contributed by atoms with Crippen LogP contribution in [0.2, 0.25) is 0 Å². The molecular formula is C15H28N4. The highest BCUT2D eigenvalue weighted by Gasteiger charge is 2.31. The van der Waals surface area contributed by atoms with Gasteiger partial charge in [-0.1, -0.05) is 27.2 Å². The summed E-state index contributed by atoms with van der Waals surface area (Å²) in [5, 5.41) is 10.4. The average molecular weight is 264 g/mol. The fourth-order valence-electron chi connectivity index (χ4n) is 3.11. The summed E-state index contributed by atoms with van der Waals surface area (Å²) >= 11 is 0. The molecule has 1 aliphatic rings. The lowest BCUT2D eigenvalue weighted by atomic mass is 9.69. The fraction of sp³-hybridized carbons (Fsp3) is 0.867. The molecule has 1 saturated carbocycles. The largest absolute Gasteiger partial charge is 0.314 e. The van der Waals surface area contributed by atoms with Crippen LogP contribution in [0.5, 0.6) is 0 Å². The van der Waals surface area contributed by atoms with Gasteiger partial charge in [-0.2, -0.15) is 5.10 Å². The predicted molar refractivity (Wildman–Crippen MR) is 77.9 cm³/mol. The minimum atomic E-state index is 0.519. The lowest BCUT2D eigenvalue weighted by Crippen LogP contribution is -2.37. The van der Waals surface area contributed by atoms with Gasteiger partial charge in [-0.3, -0.25) is 5.10 Å². The molecule has 1 aromatic rings. The maximum atomic E-state index is 4.15. The number of hydrogen-bond acceptors (Lipinski definition) is 3. The SMILES string of the molecule is CCC(C)(C)C1CCC(NCCc2ncn[nH]2)CC1. The van der Waals surface area contributed by atoms with Gasteiger partial charge >= 0.3 is 0 Å². The summed E-state index contributed by atoms with van der Waals surface area (Å²) < 4.78 is 0. The zero-order chi connectivity index (χ0) is 13.7. The molecule has 0 spiro atoms.